The molecule has 0 spiro atoms. The summed E-state index contributed by atoms with van der Waals surface area (Å²) in [6.45, 7) is 9.34. The third kappa shape index (κ3) is 3.32. The van der Waals surface area contributed by atoms with Crippen molar-refractivity contribution >= 4 is 0 Å². The summed E-state index contributed by atoms with van der Waals surface area (Å²) in [5, 5.41) is 12.5. The maximum Gasteiger partial charge on any atom is 0.122 e. The van der Waals surface area contributed by atoms with Gasteiger partial charge in [0.05, 0.1) is 13.2 Å². The van der Waals surface area contributed by atoms with Crippen LogP contribution in [0.15, 0.2) is 12.4 Å². The van der Waals surface area contributed by atoms with E-state index in [1.807, 2.05) is 12.4 Å². The normalized spacial score (nSPS) is 13.7. The molecule has 16 heavy (non-hydrogen) atoms. The molecule has 1 atom stereocenters. The molecule has 0 aliphatic carbocycles. The summed E-state index contributed by atoms with van der Waals surface area (Å²) in [5.74, 6) is 1.45. The first-order valence-corrected chi connectivity index (χ1v) is 5.92. The van der Waals surface area contributed by atoms with Crippen molar-refractivity contribution in [3.8, 4) is 0 Å². The first-order chi connectivity index (χ1) is 7.56. The molecular formula is C12H23N3O. The lowest BCUT2D eigenvalue weighted by atomic mass is 10.1. The Morgan fingerprint density at radius 2 is 2.06 bits per heavy atom. The minimum atomic E-state index is 0.136. The number of aliphatic hydroxyl groups is 1. The van der Waals surface area contributed by atoms with Crippen LogP contribution >= 0.6 is 0 Å². The van der Waals surface area contributed by atoms with Crippen LogP contribution in [0.2, 0.25) is 0 Å². The predicted molar refractivity (Wildman–Crippen MR) is 65.2 cm³/mol. The lowest BCUT2D eigenvalue weighted by Crippen LogP contribution is -2.37. The van der Waals surface area contributed by atoms with Crippen LogP contribution in [-0.4, -0.2) is 27.3 Å². The lowest BCUT2D eigenvalue weighted by Gasteiger charge is -2.20. The van der Waals surface area contributed by atoms with Crippen LogP contribution in [0.4, 0.5) is 0 Å². The van der Waals surface area contributed by atoms with Gasteiger partial charge in [-0.2, -0.15) is 0 Å². The molecule has 1 aromatic rings. The predicted octanol–water partition coefficient (Wildman–Crippen LogP) is 1.57. The average molecular weight is 225 g/mol. The van der Waals surface area contributed by atoms with Crippen LogP contribution in [0.3, 0.4) is 0 Å². The fourth-order valence-corrected chi connectivity index (χ4v) is 1.68. The Balaban J connectivity index is 2.56. The molecular weight excluding hydrogens is 202 g/mol. The number of nitrogens with one attached hydrogen (secondary N) is 1. The number of aromatic nitrogens is 2. The highest BCUT2D eigenvalue weighted by atomic mass is 16.3. The smallest absolute Gasteiger partial charge is 0.122 e. The largest absolute Gasteiger partial charge is 0.395 e. The van der Waals surface area contributed by atoms with Gasteiger partial charge in [0.15, 0.2) is 0 Å². The zero-order valence-electron chi connectivity index (χ0n) is 10.6. The van der Waals surface area contributed by atoms with Gasteiger partial charge in [0.1, 0.15) is 5.82 Å². The third-order valence-corrected chi connectivity index (χ3v) is 2.83. The van der Waals surface area contributed by atoms with Crippen LogP contribution < -0.4 is 5.32 Å². The van der Waals surface area contributed by atoms with E-state index in [1.165, 1.54) is 0 Å². The van der Waals surface area contributed by atoms with E-state index in [4.69, 9.17) is 0 Å². The first-order valence-electron chi connectivity index (χ1n) is 5.92. The van der Waals surface area contributed by atoms with E-state index < -0.39 is 0 Å². The quantitative estimate of drug-likeness (QED) is 0.772. The fraction of sp³-hybridized carbons (Fsp3) is 0.750. The van der Waals surface area contributed by atoms with Gasteiger partial charge in [-0.25, -0.2) is 4.98 Å². The first kappa shape index (κ1) is 13.2. The second-order valence-electron chi connectivity index (χ2n) is 4.76. The van der Waals surface area contributed by atoms with Gasteiger partial charge in [0, 0.05) is 24.5 Å². The summed E-state index contributed by atoms with van der Waals surface area (Å²) < 4.78 is 2.14. The number of hydrogen-bond acceptors (Lipinski definition) is 3. The van der Waals surface area contributed by atoms with Crippen LogP contribution in [-0.2, 0) is 6.54 Å². The van der Waals surface area contributed by atoms with Crippen LogP contribution in [0, 0.1) is 5.92 Å². The molecule has 0 aliphatic rings. The molecule has 92 valence electrons. The third-order valence-electron chi connectivity index (χ3n) is 2.83. The minimum absolute atomic E-state index is 0.136. The molecule has 2 N–H and O–H groups in total. The zero-order chi connectivity index (χ0) is 12.1. The highest BCUT2D eigenvalue weighted by Gasteiger charge is 2.13. The second-order valence-corrected chi connectivity index (χ2v) is 4.76. The highest BCUT2D eigenvalue weighted by molar-refractivity contribution is 4.94. The Hall–Kier alpha value is -0.870. The van der Waals surface area contributed by atoms with Crippen molar-refractivity contribution in [3.05, 3.63) is 18.2 Å². The molecule has 0 radical (unpaired) electrons. The maximum atomic E-state index is 9.21. The van der Waals surface area contributed by atoms with E-state index in [1.54, 1.807) is 0 Å². The topological polar surface area (TPSA) is 50.1 Å². The Labute approximate surface area is 97.7 Å². The Morgan fingerprint density at radius 1 is 1.38 bits per heavy atom. The number of hydrogen-bond donors (Lipinski definition) is 2. The average Bonchev–Trinajstić information content (AvgIpc) is 2.66. The molecule has 1 rings (SSSR count). The van der Waals surface area contributed by atoms with E-state index in [0.717, 1.165) is 5.82 Å². The molecule has 0 saturated carbocycles. The van der Waals surface area contributed by atoms with Crippen molar-refractivity contribution in [1.29, 1.82) is 0 Å². The monoisotopic (exact) mass is 225 g/mol. The van der Waals surface area contributed by atoms with Gasteiger partial charge in [-0.15, -0.1) is 0 Å². The maximum absolute atomic E-state index is 9.21. The number of rotatable bonds is 6. The molecule has 1 aromatic heterocycles. The van der Waals surface area contributed by atoms with Crippen molar-refractivity contribution in [2.75, 3.05) is 6.61 Å². The molecule has 0 unspecified atom stereocenters. The summed E-state index contributed by atoms with van der Waals surface area (Å²) in [5.41, 5.74) is 0. The molecule has 0 saturated heterocycles. The van der Waals surface area contributed by atoms with Crippen molar-refractivity contribution in [2.45, 2.75) is 46.3 Å². The van der Waals surface area contributed by atoms with Gasteiger partial charge in [-0.05, 0) is 19.8 Å². The van der Waals surface area contributed by atoms with Gasteiger partial charge >= 0.3 is 0 Å². The van der Waals surface area contributed by atoms with Crippen molar-refractivity contribution < 1.29 is 5.11 Å². The van der Waals surface area contributed by atoms with Gasteiger partial charge in [-0.3, -0.25) is 0 Å². The number of nitrogens with zero attached hydrogens (tertiary/aromatic N) is 2. The Morgan fingerprint density at radius 3 is 2.56 bits per heavy atom. The van der Waals surface area contributed by atoms with E-state index in [0.29, 0.717) is 18.5 Å². The molecule has 1 heterocycles. The van der Waals surface area contributed by atoms with Gasteiger partial charge < -0.3 is 15.0 Å². The Kier molecular flexibility index (Phi) is 4.96. The highest BCUT2D eigenvalue weighted by Crippen LogP contribution is 2.08. The SMILES string of the molecule is CC(C)[C@@H](CO)NCc1nccn1C(C)C. The number of imidazole rings is 1. The summed E-state index contributed by atoms with van der Waals surface area (Å²) in [6, 6.07) is 0.559. The van der Waals surface area contributed by atoms with Crippen molar-refractivity contribution in [1.82, 2.24) is 14.9 Å². The minimum Gasteiger partial charge on any atom is -0.395 e. The summed E-state index contributed by atoms with van der Waals surface area (Å²) in [7, 11) is 0. The molecule has 0 aliphatic heterocycles. The zero-order valence-corrected chi connectivity index (χ0v) is 10.6. The van der Waals surface area contributed by atoms with E-state index in [-0.39, 0.29) is 12.6 Å². The summed E-state index contributed by atoms with van der Waals surface area (Å²) in [4.78, 5) is 4.32. The molecule has 0 amide bonds. The summed E-state index contributed by atoms with van der Waals surface area (Å²) >= 11 is 0. The van der Waals surface area contributed by atoms with E-state index >= 15 is 0 Å². The lowest BCUT2D eigenvalue weighted by molar-refractivity contribution is 0.208. The van der Waals surface area contributed by atoms with Crippen LogP contribution in [0.5, 0.6) is 0 Å². The molecule has 0 fully saturated rings. The van der Waals surface area contributed by atoms with Crippen molar-refractivity contribution in [3.63, 3.8) is 0 Å². The van der Waals surface area contributed by atoms with E-state index in [2.05, 4.69) is 42.6 Å². The van der Waals surface area contributed by atoms with E-state index in [9.17, 15) is 5.11 Å². The standard InChI is InChI=1S/C12H23N3O/c1-9(2)11(8-16)14-7-12-13-5-6-15(12)10(3)4/h5-6,9-11,14,16H,7-8H2,1-4H3/t11-/m1/s1. The summed E-state index contributed by atoms with van der Waals surface area (Å²) in [6.07, 6.45) is 3.81. The van der Waals surface area contributed by atoms with Gasteiger partial charge in [0.2, 0.25) is 0 Å². The van der Waals surface area contributed by atoms with Gasteiger partial charge in [-0.1, -0.05) is 13.8 Å². The molecule has 0 bridgehead atoms. The number of aliphatic hydroxyl groups excluding tert-OH is 1. The second kappa shape index (κ2) is 6.01. The molecule has 4 nitrogen and oxygen atoms in total. The van der Waals surface area contributed by atoms with Crippen LogP contribution in [0.1, 0.15) is 39.6 Å². The molecule has 0 aromatic carbocycles. The van der Waals surface area contributed by atoms with Gasteiger partial charge in [0.25, 0.3) is 0 Å². The van der Waals surface area contributed by atoms with Crippen LogP contribution in [0.25, 0.3) is 0 Å². The molecule has 4 heteroatoms. The Bertz CT molecular complexity index is 307. The fourth-order valence-electron chi connectivity index (χ4n) is 1.68. The van der Waals surface area contributed by atoms with Crippen molar-refractivity contribution in [2.24, 2.45) is 5.92 Å².